The lowest BCUT2D eigenvalue weighted by atomic mass is 9.93. The second-order valence-corrected chi connectivity index (χ2v) is 7.46. The quantitative estimate of drug-likeness (QED) is 0.859. The predicted octanol–water partition coefficient (Wildman–Crippen LogP) is 1.79. The Kier molecular flexibility index (Phi) is 6.05. The molecule has 3 heterocycles. The summed E-state index contributed by atoms with van der Waals surface area (Å²) in [5, 5.41) is 15.7. The molecule has 1 amide bonds. The molecule has 1 aromatic heterocycles. The zero-order valence-corrected chi connectivity index (χ0v) is 14.3. The van der Waals surface area contributed by atoms with Crippen LogP contribution in [0.4, 0.5) is 0 Å². The summed E-state index contributed by atoms with van der Waals surface area (Å²) in [7, 11) is 0. The van der Waals surface area contributed by atoms with Crippen LogP contribution >= 0.6 is 11.3 Å². The number of amides is 1. The summed E-state index contributed by atoms with van der Waals surface area (Å²) < 4.78 is 5.56. The first-order valence-electron chi connectivity index (χ1n) is 8.53. The third kappa shape index (κ3) is 4.53. The van der Waals surface area contributed by atoms with Gasteiger partial charge in [-0.3, -0.25) is 4.79 Å². The van der Waals surface area contributed by atoms with E-state index in [1.807, 2.05) is 22.4 Å². The Hall–Kier alpha value is -0.950. The van der Waals surface area contributed by atoms with E-state index >= 15 is 0 Å². The van der Waals surface area contributed by atoms with Crippen LogP contribution in [0, 0.1) is 5.92 Å². The van der Waals surface area contributed by atoms with E-state index in [-0.39, 0.29) is 11.9 Å². The molecule has 6 heteroatoms. The molecule has 5 nitrogen and oxygen atoms in total. The fourth-order valence-electron chi connectivity index (χ4n) is 3.48. The lowest BCUT2D eigenvalue weighted by molar-refractivity contribution is -0.142. The number of hydrogen-bond donors (Lipinski definition) is 2. The first-order valence-corrected chi connectivity index (χ1v) is 9.41. The highest BCUT2D eigenvalue weighted by Crippen LogP contribution is 2.27. The monoisotopic (exact) mass is 338 g/mol. The third-order valence-electron chi connectivity index (χ3n) is 4.84. The number of thiophene rings is 1. The zero-order chi connectivity index (χ0) is 16.1. The fraction of sp³-hybridized carbons (Fsp3) is 0.706. The number of carbonyl (C=O) groups is 1. The van der Waals surface area contributed by atoms with Gasteiger partial charge < -0.3 is 20.1 Å². The molecule has 2 N–H and O–H groups in total. The molecule has 0 aliphatic carbocycles. The second kappa shape index (κ2) is 8.24. The molecule has 3 rings (SSSR count). The second-order valence-electron chi connectivity index (χ2n) is 6.48. The van der Waals surface area contributed by atoms with Crippen LogP contribution < -0.4 is 5.32 Å². The fourth-order valence-corrected chi connectivity index (χ4v) is 4.21. The van der Waals surface area contributed by atoms with Crippen molar-refractivity contribution in [2.45, 2.75) is 37.8 Å². The van der Waals surface area contributed by atoms with E-state index in [0.29, 0.717) is 38.5 Å². The number of morpholine rings is 1. The molecule has 1 aromatic rings. The van der Waals surface area contributed by atoms with Crippen LogP contribution in [0.15, 0.2) is 17.5 Å². The topological polar surface area (TPSA) is 61.8 Å². The minimum absolute atomic E-state index is 0.0185. The number of ether oxygens (including phenoxy) is 1. The molecule has 0 bridgehead atoms. The molecule has 2 atom stereocenters. The molecule has 2 saturated heterocycles. The molecule has 2 unspecified atom stereocenters. The summed E-state index contributed by atoms with van der Waals surface area (Å²) in [6, 6.07) is 3.87. The molecule has 0 saturated carbocycles. The standard InChI is InChI=1S/C17H26N2O3S/c20-15(16-2-1-9-23-16)11-14-12-22-8-7-19(14)17(21)10-13-3-5-18-6-4-13/h1-2,9,13-15,18,20H,3-8,10-12H2. The van der Waals surface area contributed by atoms with Gasteiger partial charge in [0.2, 0.25) is 5.91 Å². The highest BCUT2D eigenvalue weighted by molar-refractivity contribution is 7.10. The van der Waals surface area contributed by atoms with Crippen molar-refractivity contribution in [3.8, 4) is 0 Å². The number of hydrogen-bond acceptors (Lipinski definition) is 5. The molecule has 2 fully saturated rings. The maximum Gasteiger partial charge on any atom is 0.223 e. The van der Waals surface area contributed by atoms with Crippen LogP contribution in [0.5, 0.6) is 0 Å². The molecule has 23 heavy (non-hydrogen) atoms. The first kappa shape index (κ1) is 16.9. The number of aliphatic hydroxyl groups is 1. The Morgan fingerprint density at radius 3 is 3.04 bits per heavy atom. The number of aliphatic hydroxyl groups excluding tert-OH is 1. The zero-order valence-electron chi connectivity index (χ0n) is 13.4. The van der Waals surface area contributed by atoms with Crippen molar-refractivity contribution in [3.05, 3.63) is 22.4 Å². The summed E-state index contributed by atoms with van der Waals surface area (Å²) in [4.78, 5) is 15.6. The third-order valence-corrected chi connectivity index (χ3v) is 5.81. The van der Waals surface area contributed by atoms with Crippen LogP contribution in [0.2, 0.25) is 0 Å². The number of nitrogens with one attached hydrogen (secondary N) is 1. The highest BCUT2D eigenvalue weighted by Gasteiger charge is 2.31. The Labute approximate surface area is 141 Å². The molecule has 2 aliphatic heterocycles. The van der Waals surface area contributed by atoms with Crippen LogP contribution in [0.25, 0.3) is 0 Å². The number of nitrogens with zero attached hydrogens (tertiary/aromatic N) is 1. The van der Waals surface area contributed by atoms with Crippen LogP contribution in [0.3, 0.4) is 0 Å². The molecule has 2 aliphatic rings. The van der Waals surface area contributed by atoms with Crippen molar-refractivity contribution in [2.24, 2.45) is 5.92 Å². The van der Waals surface area contributed by atoms with E-state index < -0.39 is 6.10 Å². The summed E-state index contributed by atoms with van der Waals surface area (Å²) >= 11 is 1.56. The maximum atomic E-state index is 12.7. The average Bonchev–Trinajstić information content (AvgIpc) is 3.11. The summed E-state index contributed by atoms with van der Waals surface area (Å²) in [6.45, 7) is 3.80. The molecular formula is C17H26N2O3S. The molecule has 0 radical (unpaired) electrons. The van der Waals surface area contributed by atoms with Crippen molar-refractivity contribution in [1.82, 2.24) is 10.2 Å². The van der Waals surface area contributed by atoms with Crippen molar-refractivity contribution in [3.63, 3.8) is 0 Å². The SMILES string of the molecule is O=C(CC1CCNCC1)N1CCOCC1CC(O)c1cccs1. The van der Waals surface area contributed by atoms with E-state index in [2.05, 4.69) is 5.32 Å². The maximum absolute atomic E-state index is 12.7. The van der Waals surface area contributed by atoms with E-state index in [1.54, 1.807) is 11.3 Å². The summed E-state index contributed by atoms with van der Waals surface area (Å²) in [5.41, 5.74) is 0. The van der Waals surface area contributed by atoms with Gasteiger partial charge in [0.25, 0.3) is 0 Å². The minimum atomic E-state index is -0.518. The van der Waals surface area contributed by atoms with E-state index in [1.165, 1.54) is 0 Å². The van der Waals surface area contributed by atoms with E-state index in [0.717, 1.165) is 30.8 Å². The molecule has 0 spiro atoms. The van der Waals surface area contributed by atoms with Crippen molar-refractivity contribution < 1.29 is 14.6 Å². The van der Waals surface area contributed by atoms with Crippen molar-refractivity contribution in [1.29, 1.82) is 0 Å². The number of rotatable bonds is 5. The lowest BCUT2D eigenvalue weighted by Crippen LogP contribution is -2.50. The largest absolute Gasteiger partial charge is 0.387 e. The van der Waals surface area contributed by atoms with Crippen LogP contribution in [0.1, 0.15) is 36.7 Å². The summed E-state index contributed by atoms with van der Waals surface area (Å²) in [5.74, 6) is 0.720. The Morgan fingerprint density at radius 2 is 2.30 bits per heavy atom. The van der Waals surface area contributed by atoms with Crippen molar-refractivity contribution >= 4 is 17.2 Å². The van der Waals surface area contributed by atoms with Gasteiger partial charge in [-0.25, -0.2) is 0 Å². The van der Waals surface area contributed by atoms with Gasteiger partial charge in [-0.2, -0.15) is 0 Å². The van der Waals surface area contributed by atoms with Gasteiger partial charge >= 0.3 is 0 Å². The highest BCUT2D eigenvalue weighted by atomic mass is 32.1. The predicted molar refractivity (Wildman–Crippen MR) is 90.4 cm³/mol. The van der Waals surface area contributed by atoms with E-state index in [9.17, 15) is 9.90 Å². The summed E-state index contributed by atoms with van der Waals surface area (Å²) in [6.07, 6.45) is 2.83. The van der Waals surface area contributed by atoms with E-state index in [4.69, 9.17) is 4.74 Å². The Balaban J connectivity index is 1.57. The molecule has 128 valence electrons. The van der Waals surface area contributed by atoms with Crippen LogP contribution in [-0.2, 0) is 9.53 Å². The van der Waals surface area contributed by atoms with Gasteiger partial charge in [0, 0.05) is 24.3 Å². The Bertz CT molecular complexity index is 488. The van der Waals surface area contributed by atoms with Crippen molar-refractivity contribution in [2.75, 3.05) is 32.8 Å². The first-order chi connectivity index (χ1) is 11.2. The van der Waals surface area contributed by atoms with Gasteiger partial charge in [0.05, 0.1) is 25.4 Å². The number of carbonyl (C=O) groups excluding carboxylic acids is 1. The normalized spacial score (nSPS) is 24.6. The van der Waals surface area contributed by atoms with Gasteiger partial charge in [0.15, 0.2) is 0 Å². The van der Waals surface area contributed by atoms with Gasteiger partial charge in [-0.15, -0.1) is 11.3 Å². The van der Waals surface area contributed by atoms with Gasteiger partial charge in [0.1, 0.15) is 0 Å². The lowest BCUT2D eigenvalue weighted by Gasteiger charge is -2.37. The van der Waals surface area contributed by atoms with Gasteiger partial charge in [-0.05, 0) is 43.3 Å². The average molecular weight is 338 g/mol. The smallest absolute Gasteiger partial charge is 0.223 e. The Morgan fingerprint density at radius 1 is 1.48 bits per heavy atom. The van der Waals surface area contributed by atoms with Crippen LogP contribution in [-0.4, -0.2) is 54.8 Å². The number of piperidine rings is 1. The minimum Gasteiger partial charge on any atom is -0.387 e. The molecular weight excluding hydrogens is 312 g/mol. The van der Waals surface area contributed by atoms with Gasteiger partial charge in [-0.1, -0.05) is 6.07 Å². The molecule has 0 aromatic carbocycles.